The smallest absolute Gasteiger partial charge is 0.210 e. The first-order valence-corrected chi connectivity index (χ1v) is 10.8. The fraction of sp³-hybridized carbons (Fsp3) is 0.143. The van der Waals surface area contributed by atoms with E-state index in [9.17, 15) is 20.4 Å². The first-order valence-electron chi connectivity index (χ1n) is 10.8. The molecule has 4 aromatic carbocycles. The van der Waals surface area contributed by atoms with Crippen LogP contribution in [0.4, 0.5) is 0 Å². The molecule has 0 heterocycles. The summed E-state index contributed by atoms with van der Waals surface area (Å²) in [7, 11) is 0. The number of benzene rings is 4. The maximum atomic E-state index is 10.5. The van der Waals surface area contributed by atoms with Crippen LogP contribution in [0, 0.1) is 0 Å². The van der Waals surface area contributed by atoms with Gasteiger partial charge in [0.1, 0.15) is 17.2 Å². The van der Waals surface area contributed by atoms with Crippen LogP contribution in [-0.2, 0) is 25.7 Å². The van der Waals surface area contributed by atoms with Gasteiger partial charge in [0.05, 0.1) is 0 Å². The fourth-order valence-electron chi connectivity index (χ4n) is 3.74. The van der Waals surface area contributed by atoms with Crippen LogP contribution >= 0.6 is 0 Å². The van der Waals surface area contributed by atoms with E-state index in [1.165, 1.54) is 0 Å². The predicted octanol–water partition coefficient (Wildman–Crippen LogP) is 5.87. The molecule has 168 valence electrons. The van der Waals surface area contributed by atoms with Crippen LogP contribution in [0.3, 0.4) is 0 Å². The highest BCUT2D eigenvalue weighted by molar-refractivity contribution is 5.54. The third-order valence-corrected chi connectivity index (χ3v) is 5.48. The molecule has 0 aromatic heterocycles. The minimum Gasteiger partial charge on any atom is -0.508 e. The first kappa shape index (κ1) is 22.1. The lowest BCUT2D eigenvalue weighted by atomic mass is 10.0. The van der Waals surface area contributed by atoms with E-state index in [0.717, 1.165) is 35.1 Å². The summed E-state index contributed by atoms with van der Waals surface area (Å²) in [6.07, 6.45) is 2.86. The highest BCUT2D eigenvalue weighted by Gasteiger charge is 2.13. The van der Waals surface area contributed by atoms with Gasteiger partial charge in [0, 0.05) is 0 Å². The number of ether oxygens (including phenoxy) is 1. The molecule has 0 saturated carbocycles. The van der Waals surface area contributed by atoms with Crippen LogP contribution < -0.4 is 4.74 Å². The number of aryl methyl sites for hydroxylation is 4. The maximum Gasteiger partial charge on any atom is 0.210 e. The second kappa shape index (κ2) is 10.0. The minimum atomic E-state index is -0.124. The zero-order valence-corrected chi connectivity index (χ0v) is 18.1. The summed E-state index contributed by atoms with van der Waals surface area (Å²) in [5.74, 6) is 0.766. The number of phenols is 4. The van der Waals surface area contributed by atoms with E-state index in [2.05, 4.69) is 0 Å². The molecule has 33 heavy (non-hydrogen) atoms. The number of hydrogen-bond acceptors (Lipinski definition) is 5. The van der Waals surface area contributed by atoms with E-state index >= 15 is 0 Å². The van der Waals surface area contributed by atoms with Crippen molar-refractivity contribution in [2.24, 2.45) is 0 Å². The van der Waals surface area contributed by atoms with Gasteiger partial charge >= 0.3 is 0 Å². The molecule has 0 aliphatic carbocycles. The highest BCUT2D eigenvalue weighted by atomic mass is 16.5. The summed E-state index contributed by atoms with van der Waals surface area (Å²) >= 11 is 0. The van der Waals surface area contributed by atoms with Crippen molar-refractivity contribution in [1.29, 1.82) is 0 Å². The van der Waals surface area contributed by atoms with Crippen molar-refractivity contribution in [3.8, 4) is 34.5 Å². The Morgan fingerprint density at radius 2 is 1.06 bits per heavy atom. The molecule has 4 N–H and O–H groups in total. The van der Waals surface area contributed by atoms with Crippen LogP contribution in [0.2, 0.25) is 0 Å². The number of aromatic hydroxyl groups is 4. The van der Waals surface area contributed by atoms with Crippen molar-refractivity contribution in [2.75, 3.05) is 0 Å². The Bertz CT molecular complexity index is 1210. The molecule has 0 aliphatic heterocycles. The predicted molar refractivity (Wildman–Crippen MR) is 127 cm³/mol. The molecule has 0 saturated heterocycles. The molecule has 0 unspecified atom stereocenters. The standard InChI is InChI=1S/C28H26O5/c29-23-13-11-19(12-14-23)7-10-22-17-26(31)28(27(32)18-22)33-25-6-2-4-21(16-25)9-8-20-3-1-5-24(30)15-20/h1-6,11-18,29-32H,7-10H2. The van der Waals surface area contributed by atoms with Crippen LogP contribution in [-0.4, -0.2) is 20.4 Å². The van der Waals surface area contributed by atoms with Gasteiger partial charge in [0.15, 0.2) is 11.5 Å². The number of rotatable bonds is 8. The highest BCUT2D eigenvalue weighted by Crippen LogP contribution is 2.40. The van der Waals surface area contributed by atoms with Crippen LogP contribution in [0.5, 0.6) is 34.5 Å². The molecule has 0 amide bonds. The first-order chi connectivity index (χ1) is 16.0. The molecular weight excluding hydrogens is 416 g/mol. The van der Waals surface area contributed by atoms with Gasteiger partial charge in [-0.15, -0.1) is 0 Å². The van der Waals surface area contributed by atoms with Gasteiger partial charge in [0.2, 0.25) is 5.75 Å². The molecule has 0 aliphatic rings. The van der Waals surface area contributed by atoms with Crippen molar-refractivity contribution < 1.29 is 25.2 Å². The van der Waals surface area contributed by atoms with Gasteiger partial charge in [-0.2, -0.15) is 0 Å². The average molecular weight is 443 g/mol. The third-order valence-electron chi connectivity index (χ3n) is 5.48. The van der Waals surface area contributed by atoms with Crippen LogP contribution in [0.25, 0.3) is 0 Å². The van der Waals surface area contributed by atoms with Crippen molar-refractivity contribution in [3.63, 3.8) is 0 Å². The quantitative estimate of drug-likeness (QED) is 0.274. The second-order valence-electron chi connectivity index (χ2n) is 8.05. The molecule has 0 radical (unpaired) electrons. The van der Waals surface area contributed by atoms with E-state index in [-0.39, 0.29) is 28.7 Å². The summed E-state index contributed by atoms with van der Waals surface area (Å²) in [6.45, 7) is 0. The summed E-state index contributed by atoms with van der Waals surface area (Å²) < 4.78 is 5.81. The van der Waals surface area contributed by atoms with Gasteiger partial charge in [-0.3, -0.25) is 0 Å². The Hall–Kier alpha value is -4.12. The van der Waals surface area contributed by atoms with E-state index in [0.29, 0.717) is 18.6 Å². The number of phenolic OH excluding ortho intramolecular Hbond substituents is 4. The lowest BCUT2D eigenvalue weighted by Crippen LogP contribution is -1.94. The summed E-state index contributed by atoms with van der Waals surface area (Å²) in [5.41, 5.74) is 3.92. The fourth-order valence-corrected chi connectivity index (χ4v) is 3.74. The average Bonchev–Trinajstić information content (AvgIpc) is 2.80. The topological polar surface area (TPSA) is 90.2 Å². The molecular formula is C28H26O5. The molecule has 0 spiro atoms. The van der Waals surface area contributed by atoms with Gasteiger partial charge in [-0.25, -0.2) is 0 Å². The van der Waals surface area contributed by atoms with Crippen molar-refractivity contribution in [3.05, 3.63) is 107 Å². The normalized spacial score (nSPS) is 10.8. The summed E-state index contributed by atoms with van der Waals surface area (Å²) in [5, 5.41) is 39.9. The van der Waals surface area contributed by atoms with Crippen molar-refractivity contribution in [2.45, 2.75) is 25.7 Å². The molecule has 4 rings (SSSR count). The van der Waals surface area contributed by atoms with Crippen molar-refractivity contribution >= 4 is 0 Å². The van der Waals surface area contributed by atoms with Gasteiger partial charge < -0.3 is 25.2 Å². The number of hydrogen-bond donors (Lipinski definition) is 4. The van der Waals surface area contributed by atoms with Gasteiger partial charge in [-0.05, 0) is 96.5 Å². The largest absolute Gasteiger partial charge is 0.508 e. The minimum absolute atomic E-state index is 0.0218. The zero-order valence-electron chi connectivity index (χ0n) is 18.1. The maximum absolute atomic E-state index is 10.5. The van der Waals surface area contributed by atoms with Crippen LogP contribution in [0.1, 0.15) is 22.3 Å². The zero-order chi connectivity index (χ0) is 23.2. The Kier molecular flexibility index (Phi) is 6.69. The molecule has 5 heteroatoms. The Morgan fingerprint density at radius 3 is 1.73 bits per heavy atom. The van der Waals surface area contributed by atoms with Crippen LogP contribution in [0.15, 0.2) is 84.9 Å². The molecule has 0 atom stereocenters. The Balaban J connectivity index is 1.41. The van der Waals surface area contributed by atoms with E-state index in [1.807, 2.05) is 42.5 Å². The monoisotopic (exact) mass is 442 g/mol. The van der Waals surface area contributed by atoms with E-state index in [4.69, 9.17) is 4.74 Å². The summed E-state index contributed by atoms with van der Waals surface area (Å²) in [4.78, 5) is 0. The second-order valence-corrected chi connectivity index (χ2v) is 8.05. The Labute approximate surface area is 192 Å². The third kappa shape index (κ3) is 5.98. The van der Waals surface area contributed by atoms with Gasteiger partial charge in [-0.1, -0.05) is 36.4 Å². The molecule has 5 nitrogen and oxygen atoms in total. The van der Waals surface area contributed by atoms with Gasteiger partial charge in [0.25, 0.3) is 0 Å². The molecule has 4 aromatic rings. The lowest BCUT2D eigenvalue weighted by Gasteiger charge is -2.13. The molecule has 0 bridgehead atoms. The lowest BCUT2D eigenvalue weighted by molar-refractivity contribution is 0.375. The Morgan fingerprint density at radius 1 is 0.485 bits per heavy atom. The SMILES string of the molecule is Oc1ccc(CCc2cc(O)c(Oc3cccc(CCc4cccc(O)c4)c3)c(O)c2)cc1. The van der Waals surface area contributed by atoms with Crippen molar-refractivity contribution in [1.82, 2.24) is 0 Å². The van der Waals surface area contributed by atoms with E-state index in [1.54, 1.807) is 42.5 Å². The van der Waals surface area contributed by atoms with E-state index < -0.39 is 0 Å². The molecule has 0 fully saturated rings. The summed E-state index contributed by atoms with van der Waals surface area (Å²) in [6, 6.07) is 24.9.